The summed E-state index contributed by atoms with van der Waals surface area (Å²) in [6.07, 6.45) is 7.52. The molecule has 1 saturated heterocycles. The van der Waals surface area contributed by atoms with E-state index in [-0.39, 0.29) is 5.91 Å². The number of ether oxygens (including phenoxy) is 5. The number of aromatic amines is 1. The van der Waals surface area contributed by atoms with Crippen molar-refractivity contribution in [3.8, 4) is 86.8 Å². The summed E-state index contributed by atoms with van der Waals surface area (Å²) in [5.41, 5.74) is 14.0. The summed E-state index contributed by atoms with van der Waals surface area (Å²) >= 11 is 11.7. The highest BCUT2D eigenvalue weighted by atomic mass is 35.5. The van der Waals surface area contributed by atoms with Crippen LogP contribution in [0.5, 0.6) is 23.0 Å². The molecule has 1 amide bonds. The molecule has 1 fully saturated rings. The Morgan fingerprint density at radius 1 is 0.530 bits per heavy atom. The molecular weight excluding hydrogens is 1300 g/mol. The number of aryl methyl sites for hydroxylation is 3. The van der Waals surface area contributed by atoms with Crippen molar-refractivity contribution in [2.75, 3.05) is 54.7 Å². The molecular formula is C80H69Cl2N11O7. The maximum Gasteiger partial charge on any atom is 0.254 e. The second-order valence-electron chi connectivity index (χ2n) is 22.8. The Kier molecular flexibility index (Phi) is 22.0. The van der Waals surface area contributed by atoms with Gasteiger partial charge in [0, 0.05) is 141 Å². The summed E-state index contributed by atoms with van der Waals surface area (Å²) in [6.45, 7) is 11.0. The zero-order chi connectivity index (χ0) is 70.4. The number of nitriles is 4. The van der Waals surface area contributed by atoms with Crippen LogP contribution in [-0.2, 0) is 24.4 Å². The van der Waals surface area contributed by atoms with Crippen LogP contribution >= 0.6 is 23.2 Å². The molecule has 0 saturated carbocycles. The first-order chi connectivity index (χ1) is 48.8. The molecule has 0 spiro atoms. The minimum atomic E-state index is 0.0149. The number of halogens is 2. The number of morpholine rings is 1. The molecule has 18 nitrogen and oxygen atoms in total. The van der Waals surface area contributed by atoms with Crippen molar-refractivity contribution in [1.82, 2.24) is 33.3 Å². The molecule has 14 aromatic rings. The van der Waals surface area contributed by atoms with Crippen molar-refractivity contribution in [3.05, 3.63) is 239 Å². The number of para-hydroxylation sites is 1. The van der Waals surface area contributed by atoms with Gasteiger partial charge in [-0.3, -0.25) is 4.79 Å². The Hall–Kier alpha value is -12.2. The first kappa shape index (κ1) is 69.2. The predicted octanol–water partition coefficient (Wildman–Crippen LogP) is 18.1. The number of rotatable bonds is 12. The highest BCUT2D eigenvalue weighted by Crippen LogP contribution is 2.38. The molecule has 20 heteroatoms. The molecule has 1 aliphatic rings. The quantitative estimate of drug-likeness (QED) is 0.121. The molecule has 1 aliphatic heterocycles. The van der Waals surface area contributed by atoms with Gasteiger partial charge in [0.1, 0.15) is 53.0 Å². The van der Waals surface area contributed by atoms with Gasteiger partial charge in [0.15, 0.2) is 5.76 Å². The van der Waals surface area contributed by atoms with Crippen LogP contribution in [0.15, 0.2) is 205 Å². The van der Waals surface area contributed by atoms with Gasteiger partial charge in [-0.15, -0.1) is 0 Å². The van der Waals surface area contributed by atoms with Gasteiger partial charge in [-0.1, -0.05) is 70.8 Å². The van der Waals surface area contributed by atoms with E-state index in [9.17, 15) is 15.3 Å². The Labute approximate surface area is 588 Å². The fourth-order valence-corrected chi connectivity index (χ4v) is 12.4. The standard InChI is InChI=1S/C23H23N3O3.C21H20N2O3.C16H12N2O.C11H9ClN2.C9H5ClN2/c1-3-26-21-14-18(28-2)8-9-19(21)20(15-24)22(26)16-4-6-17(7-5-16)23(27)25-10-12-29-13-11-25;1-4-23-13-18(17-10-9-16(25-3)11-20(17)23)19-12-21(26-22-19)14-5-7-15(24-2)8-6-14;1-19-14-8-6-13(7-9-14)18-11-12(10-17)15-4-2-3-5-16(15)18;1-2-14-7-8(6-13)10-4-3-9(12)5-11(10)14;10-7-1-2-8-6(4-11)5-12-9(8)3-7/h4-9,14H,3,10-13H2,1-2H3;5-13H,4H2,1-3H3;2-9,11H,1H3;3-5,7H,2H2,1H3;1-3,5,12H. The van der Waals surface area contributed by atoms with E-state index in [0.717, 1.165) is 137 Å². The normalized spacial score (nSPS) is 11.6. The largest absolute Gasteiger partial charge is 0.497 e. The van der Waals surface area contributed by atoms with Crippen molar-refractivity contribution in [3.63, 3.8) is 0 Å². The van der Waals surface area contributed by atoms with E-state index in [1.165, 1.54) is 0 Å². The molecule has 500 valence electrons. The fraction of sp³-hybridized carbons (Fsp3) is 0.175. The maximum absolute atomic E-state index is 12.7. The summed E-state index contributed by atoms with van der Waals surface area (Å²) in [4.78, 5) is 17.5. The zero-order valence-corrected chi connectivity index (χ0v) is 57.6. The van der Waals surface area contributed by atoms with Crippen LogP contribution in [0.1, 0.15) is 53.4 Å². The SMILES string of the molecule is CCn1c(-c2ccc(C(=O)N3CCOCC3)cc2)c(C#N)c2ccc(OC)cc21.CCn1cc(-c2cc(-c3ccc(OC)cc3)on2)c2ccc(OC)cc21.CCn1cc(C#N)c2ccc(Cl)cc21.COc1ccc(-n2cc(C#N)c3ccccc32)cc1.N#Cc1c[nH]c2cc(Cl)ccc12. The topological polar surface area (TPSA) is 223 Å². The van der Waals surface area contributed by atoms with Crippen molar-refractivity contribution < 1.29 is 33.0 Å². The minimum absolute atomic E-state index is 0.0149. The number of carbonyl (C=O) groups is 1. The maximum atomic E-state index is 12.7. The Morgan fingerprint density at radius 3 is 1.71 bits per heavy atom. The molecule has 15 rings (SSSR count). The molecule has 0 aliphatic carbocycles. The lowest BCUT2D eigenvalue weighted by atomic mass is 10.0. The van der Waals surface area contributed by atoms with Gasteiger partial charge in [0.05, 0.1) is 91.7 Å². The number of amides is 1. The Balaban J connectivity index is 0.000000131. The van der Waals surface area contributed by atoms with Crippen LogP contribution in [-0.4, -0.2) is 94.0 Å². The van der Waals surface area contributed by atoms with E-state index in [2.05, 4.69) is 69.7 Å². The van der Waals surface area contributed by atoms with Crippen LogP contribution in [0.25, 0.3) is 94.0 Å². The molecule has 7 heterocycles. The van der Waals surface area contributed by atoms with E-state index in [0.29, 0.717) is 64.2 Å². The van der Waals surface area contributed by atoms with E-state index < -0.39 is 0 Å². The number of methoxy groups -OCH3 is 4. The number of fused-ring (bicyclic) bond motifs is 5. The molecule has 1 N–H and O–H groups in total. The number of hydrogen-bond acceptors (Lipinski definition) is 12. The Bertz CT molecular complexity index is 5410. The summed E-state index contributed by atoms with van der Waals surface area (Å²) in [6, 6.07) is 64.7. The highest BCUT2D eigenvalue weighted by molar-refractivity contribution is 6.31. The van der Waals surface area contributed by atoms with Crippen molar-refractivity contribution in [2.24, 2.45) is 0 Å². The molecule has 0 unspecified atom stereocenters. The third-order valence-electron chi connectivity index (χ3n) is 17.2. The molecule has 100 heavy (non-hydrogen) atoms. The second-order valence-corrected chi connectivity index (χ2v) is 23.7. The highest BCUT2D eigenvalue weighted by Gasteiger charge is 2.23. The number of hydrogen-bond donors (Lipinski definition) is 1. The number of nitrogens with zero attached hydrogens (tertiary/aromatic N) is 10. The van der Waals surface area contributed by atoms with Gasteiger partial charge < -0.3 is 56.4 Å². The number of H-pyrrole nitrogens is 1. The zero-order valence-electron chi connectivity index (χ0n) is 56.1. The van der Waals surface area contributed by atoms with Gasteiger partial charge in [0.25, 0.3) is 5.91 Å². The Morgan fingerprint density at radius 2 is 1.08 bits per heavy atom. The first-order valence-electron chi connectivity index (χ1n) is 32.2. The fourth-order valence-electron chi connectivity index (χ4n) is 12.1. The van der Waals surface area contributed by atoms with Crippen molar-refractivity contribution in [2.45, 2.75) is 40.4 Å². The van der Waals surface area contributed by atoms with Crippen molar-refractivity contribution >= 4 is 83.6 Å². The number of aromatic nitrogens is 6. The molecule has 0 radical (unpaired) electrons. The second kappa shape index (κ2) is 31.8. The molecule has 0 bridgehead atoms. The summed E-state index contributed by atoms with van der Waals surface area (Å²) < 4.78 is 40.4. The summed E-state index contributed by atoms with van der Waals surface area (Å²) in [5, 5.41) is 47.2. The van der Waals surface area contributed by atoms with Crippen LogP contribution in [0.3, 0.4) is 0 Å². The van der Waals surface area contributed by atoms with Crippen LogP contribution < -0.4 is 18.9 Å². The third kappa shape index (κ3) is 14.7. The average molecular weight is 1370 g/mol. The van der Waals surface area contributed by atoms with Gasteiger partial charge in [0.2, 0.25) is 0 Å². The lowest BCUT2D eigenvalue weighted by Gasteiger charge is -2.26. The van der Waals surface area contributed by atoms with E-state index in [1.54, 1.807) is 46.8 Å². The van der Waals surface area contributed by atoms with E-state index in [1.807, 2.05) is 191 Å². The summed E-state index contributed by atoms with van der Waals surface area (Å²) in [7, 11) is 6.62. The first-order valence-corrected chi connectivity index (χ1v) is 32.9. The van der Waals surface area contributed by atoms with E-state index >= 15 is 0 Å². The number of benzene rings is 8. The molecule has 8 aromatic carbocycles. The van der Waals surface area contributed by atoms with Gasteiger partial charge in [-0.05, 0) is 142 Å². The average Bonchev–Trinajstić information content (AvgIpc) is 1.61. The van der Waals surface area contributed by atoms with Crippen molar-refractivity contribution in [1.29, 1.82) is 21.0 Å². The smallest absolute Gasteiger partial charge is 0.254 e. The molecule has 0 atom stereocenters. The van der Waals surface area contributed by atoms with Crippen LogP contribution in [0.4, 0.5) is 0 Å². The van der Waals surface area contributed by atoms with Gasteiger partial charge in [-0.2, -0.15) is 21.0 Å². The minimum Gasteiger partial charge on any atom is -0.497 e. The monoisotopic (exact) mass is 1370 g/mol. The predicted molar refractivity (Wildman–Crippen MR) is 393 cm³/mol. The van der Waals surface area contributed by atoms with Gasteiger partial charge >= 0.3 is 0 Å². The van der Waals surface area contributed by atoms with Crippen LogP contribution in [0.2, 0.25) is 10.0 Å². The summed E-state index contributed by atoms with van der Waals surface area (Å²) in [5.74, 6) is 3.98. The van der Waals surface area contributed by atoms with Crippen LogP contribution in [0, 0.1) is 45.3 Å². The molecule has 6 aromatic heterocycles. The lowest BCUT2D eigenvalue weighted by molar-refractivity contribution is 0.0303. The number of carbonyl (C=O) groups excluding carboxylic acids is 1. The lowest BCUT2D eigenvalue weighted by Crippen LogP contribution is -2.40. The van der Waals surface area contributed by atoms with E-state index in [4.69, 9.17) is 61.9 Å². The van der Waals surface area contributed by atoms with Gasteiger partial charge in [-0.25, -0.2) is 0 Å². The third-order valence-corrected chi connectivity index (χ3v) is 17.7. The number of nitrogens with one attached hydrogen (secondary N) is 1.